The van der Waals surface area contributed by atoms with E-state index in [1.54, 1.807) is 13.0 Å². The minimum absolute atomic E-state index is 0.114. The van der Waals surface area contributed by atoms with Crippen LogP contribution in [0.4, 0.5) is 5.69 Å². The van der Waals surface area contributed by atoms with Crippen molar-refractivity contribution in [1.29, 1.82) is 0 Å². The Morgan fingerprint density at radius 2 is 2.28 bits per heavy atom. The first-order valence-electron chi connectivity index (χ1n) is 5.83. The zero-order chi connectivity index (χ0) is 13.5. The Morgan fingerprint density at radius 3 is 2.89 bits per heavy atom. The number of benzene rings is 1. The number of aliphatic imine (C=N–C) groups is 1. The first kappa shape index (κ1) is 14.0. The molecule has 0 bridgehead atoms. The molecule has 0 amide bonds. The van der Waals surface area contributed by atoms with Crippen LogP contribution in [0.2, 0.25) is 0 Å². The number of nitro benzene ring substituents is 1. The summed E-state index contributed by atoms with van der Waals surface area (Å²) in [6, 6.07) is 4.96. The average Bonchev–Trinajstić information content (AvgIpc) is 2.34. The van der Waals surface area contributed by atoms with Crippen LogP contribution >= 0.6 is 0 Å². The molecular formula is C12H18N4O2. The summed E-state index contributed by atoms with van der Waals surface area (Å²) in [7, 11) is 0. The molecule has 6 nitrogen and oxygen atoms in total. The van der Waals surface area contributed by atoms with Gasteiger partial charge in [-0.25, -0.2) is 4.99 Å². The Morgan fingerprint density at radius 1 is 1.56 bits per heavy atom. The molecule has 0 unspecified atom stereocenters. The lowest BCUT2D eigenvalue weighted by Crippen LogP contribution is -2.32. The minimum atomic E-state index is -0.388. The van der Waals surface area contributed by atoms with Crippen molar-refractivity contribution in [1.82, 2.24) is 5.32 Å². The summed E-state index contributed by atoms with van der Waals surface area (Å²) in [5, 5.41) is 13.7. The zero-order valence-corrected chi connectivity index (χ0v) is 10.6. The van der Waals surface area contributed by atoms with E-state index in [1.165, 1.54) is 6.07 Å². The van der Waals surface area contributed by atoms with E-state index in [0.717, 1.165) is 18.5 Å². The van der Waals surface area contributed by atoms with Crippen LogP contribution in [0.3, 0.4) is 0 Å². The second kappa shape index (κ2) is 6.58. The van der Waals surface area contributed by atoms with Crippen molar-refractivity contribution < 1.29 is 4.92 Å². The van der Waals surface area contributed by atoms with E-state index in [2.05, 4.69) is 10.3 Å². The van der Waals surface area contributed by atoms with Crippen LogP contribution in [-0.4, -0.2) is 17.4 Å². The van der Waals surface area contributed by atoms with Gasteiger partial charge in [0.1, 0.15) is 0 Å². The molecule has 0 spiro atoms. The van der Waals surface area contributed by atoms with Gasteiger partial charge >= 0.3 is 0 Å². The van der Waals surface area contributed by atoms with Crippen LogP contribution in [0.1, 0.15) is 24.5 Å². The molecule has 0 aliphatic heterocycles. The fourth-order valence-corrected chi connectivity index (χ4v) is 1.52. The van der Waals surface area contributed by atoms with E-state index >= 15 is 0 Å². The third-order valence-electron chi connectivity index (χ3n) is 2.59. The van der Waals surface area contributed by atoms with Gasteiger partial charge in [-0.1, -0.05) is 19.1 Å². The Labute approximate surface area is 106 Å². The second-order valence-electron chi connectivity index (χ2n) is 3.95. The summed E-state index contributed by atoms with van der Waals surface area (Å²) < 4.78 is 0. The van der Waals surface area contributed by atoms with Gasteiger partial charge < -0.3 is 11.1 Å². The van der Waals surface area contributed by atoms with E-state index < -0.39 is 0 Å². The Bertz CT molecular complexity index is 457. The summed E-state index contributed by atoms with van der Waals surface area (Å²) in [4.78, 5) is 14.6. The molecule has 98 valence electrons. The quantitative estimate of drug-likeness (QED) is 0.360. The summed E-state index contributed by atoms with van der Waals surface area (Å²) in [6.45, 7) is 4.86. The fourth-order valence-electron chi connectivity index (χ4n) is 1.52. The third kappa shape index (κ3) is 3.73. The molecule has 1 rings (SSSR count). The average molecular weight is 250 g/mol. The summed E-state index contributed by atoms with van der Waals surface area (Å²) in [5.74, 6) is 0.364. The van der Waals surface area contributed by atoms with Crippen molar-refractivity contribution in [2.24, 2.45) is 10.7 Å². The molecule has 0 saturated heterocycles. The summed E-state index contributed by atoms with van der Waals surface area (Å²) in [5.41, 5.74) is 7.22. The number of nitrogens with one attached hydrogen (secondary N) is 1. The first-order chi connectivity index (χ1) is 8.56. The van der Waals surface area contributed by atoms with E-state index in [4.69, 9.17) is 5.73 Å². The number of nitrogens with two attached hydrogens (primary N) is 1. The molecule has 0 aromatic heterocycles. The lowest BCUT2D eigenvalue weighted by molar-refractivity contribution is -0.385. The van der Waals surface area contributed by atoms with Crippen LogP contribution in [-0.2, 0) is 6.54 Å². The van der Waals surface area contributed by atoms with E-state index in [9.17, 15) is 10.1 Å². The number of guanidine groups is 1. The first-order valence-corrected chi connectivity index (χ1v) is 5.83. The third-order valence-corrected chi connectivity index (χ3v) is 2.59. The number of nitrogens with zero attached hydrogens (tertiary/aromatic N) is 2. The topological polar surface area (TPSA) is 93.5 Å². The van der Waals surface area contributed by atoms with Crippen molar-refractivity contribution in [3.63, 3.8) is 0 Å². The Kier molecular flexibility index (Phi) is 5.10. The number of rotatable bonds is 5. The molecule has 0 saturated carbocycles. The maximum absolute atomic E-state index is 10.8. The molecule has 0 heterocycles. The van der Waals surface area contributed by atoms with Crippen molar-refractivity contribution in [3.8, 4) is 0 Å². The number of nitro groups is 1. The van der Waals surface area contributed by atoms with Gasteiger partial charge in [-0.2, -0.15) is 0 Å². The monoisotopic (exact) mass is 250 g/mol. The van der Waals surface area contributed by atoms with Gasteiger partial charge in [0.15, 0.2) is 5.96 Å². The lowest BCUT2D eigenvalue weighted by Gasteiger charge is -2.05. The fraction of sp³-hybridized carbons (Fsp3) is 0.417. The SMILES string of the molecule is CCCNC(N)=NCc1cccc([N+](=O)[O-])c1C. The predicted octanol–water partition coefficient (Wildman–Crippen LogP) is 1.72. The Hall–Kier alpha value is -2.11. The van der Waals surface area contributed by atoms with E-state index in [0.29, 0.717) is 18.1 Å². The van der Waals surface area contributed by atoms with Crippen LogP contribution in [0.5, 0.6) is 0 Å². The number of hydrogen-bond donors (Lipinski definition) is 2. The highest BCUT2D eigenvalue weighted by Crippen LogP contribution is 2.21. The molecule has 6 heteroatoms. The summed E-state index contributed by atoms with van der Waals surface area (Å²) in [6.07, 6.45) is 0.964. The van der Waals surface area contributed by atoms with Gasteiger partial charge in [-0.3, -0.25) is 10.1 Å². The highest BCUT2D eigenvalue weighted by molar-refractivity contribution is 5.77. The van der Waals surface area contributed by atoms with Gasteiger partial charge in [-0.05, 0) is 18.9 Å². The molecule has 3 N–H and O–H groups in total. The summed E-state index contributed by atoms with van der Waals surface area (Å²) >= 11 is 0. The van der Waals surface area contributed by atoms with Gasteiger partial charge in [0, 0.05) is 18.2 Å². The molecule has 0 atom stereocenters. The highest BCUT2D eigenvalue weighted by atomic mass is 16.6. The van der Waals surface area contributed by atoms with Gasteiger partial charge in [0.2, 0.25) is 0 Å². The van der Waals surface area contributed by atoms with Crippen molar-refractivity contribution in [2.45, 2.75) is 26.8 Å². The van der Waals surface area contributed by atoms with Crippen molar-refractivity contribution in [2.75, 3.05) is 6.54 Å². The maximum Gasteiger partial charge on any atom is 0.272 e. The highest BCUT2D eigenvalue weighted by Gasteiger charge is 2.12. The predicted molar refractivity (Wildman–Crippen MR) is 71.5 cm³/mol. The molecule has 1 aromatic carbocycles. The van der Waals surface area contributed by atoms with Crippen LogP contribution < -0.4 is 11.1 Å². The molecule has 0 fully saturated rings. The minimum Gasteiger partial charge on any atom is -0.370 e. The van der Waals surface area contributed by atoms with Gasteiger partial charge in [0.05, 0.1) is 11.5 Å². The van der Waals surface area contributed by atoms with E-state index in [1.807, 2.05) is 13.0 Å². The molecule has 1 aromatic rings. The van der Waals surface area contributed by atoms with Crippen molar-refractivity contribution in [3.05, 3.63) is 39.4 Å². The zero-order valence-electron chi connectivity index (χ0n) is 10.6. The van der Waals surface area contributed by atoms with Crippen molar-refractivity contribution >= 4 is 11.6 Å². The lowest BCUT2D eigenvalue weighted by atomic mass is 10.1. The smallest absolute Gasteiger partial charge is 0.272 e. The van der Waals surface area contributed by atoms with Crippen LogP contribution in [0, 0.1) is 17.0 Å². The van der Waals surface area contributed by atoms with E-state index in [-0.39, 0.29) is 10.6 Å². The molecule has 0 aliphatic rings. The maximum atomic E-state index is 10.8. The molecule has 0 radical (unpaired) electrons. The Balaban J connectivity index is 2.79. The van der Waals surface area contributed by atoms with Gasteiger partial charge in [-0.15, -0.1) is 0 Å². The van der Waals surface area contributed by atoms with Crippen LogP contribution in [0.25, 0.3) is 0 Å². The van der Waals surface area contributed by atoms with Gasteiger partial charge in [0.25, 0.3) is 5.69 Å². The molecule has 18 heavy (non-hydrogen) atoms. The molecular weight excluding hydrogens is 232 g/mol. The largest absolute Gasteiger partial charge is 0.370 e. The standard InChI is InChI=1S/C12H18N4O2/c1-3-7-14-12(13)15-8-10-5-4-6-11(9(10)2)16(17)18/h4-6H,3,7-8H2,1-2H3,(H3,13,14,15). The van der Waals surface area contributed by atoms with Crippen LogP contribution in [0.15, 0.2) is 23.2 Å². The number of hydrogen-bond acceptors (Lipinski definition) is 3. The molecule has 0 aliphatic carbocycles. The second-order valence-corrected chi connectivity index (χ2v) is 3.95. The normalized spacial score (nSPS) is 11.3.